The van der Waals surface area contributed by atoms with Crippen molar-refractivity contribution in [3.8, 4) is 6.07 Å². The van der Waals surface area contributed by atoms with Crippen LogP contribution in [-0.2, 0) is 16.4 Å². The van der Waals surface area contributed by atoms with Gasteiger partial charge in [-0.2, -0.15) is 5.26 Å². The Balaban J connectivity index is 1.40. The van der Waals surface area contributed by atoms with Crippen LogP contribution in [-0.4, -0.2) is 24.5 Å². The fourth-order valence-electron chi connectivity index (χ4n) is 4.44. The number of aromatic nitrogens is 1. The molecule has 1 atom stereocenters. The Morgan fingerprint density at radius 3 is 2.38 bits per heavy atom. The number of benzene rings is 3. The van der Waals surface area contributed by atoms with Crippen LogP contribution < -0.4 is 0 Å². The van der Waals surface area contributed by atoms with Gasteiger partial charge in [0, 0.05) is 40.3 Å². The van der Waals surface area contributed by atoms with Gasteiger partial charge in [0.05, 0.1) is 22.3 Å². The summed E-state index contributed by atoms with van der Waals surface area (Å²) >= 11 is 0. The summed E-state index contributed by atoms with van der Waals surface area (Å²) in [5, 5.41) is 11.1. The van der Waals surface area contributed by atoms with Gasteiger partial charge in [-0.3, -0.25) is 4.79 Å². The van der Waals surface area contributed by atoms with Crippen molar-refractivity contribution in [1.29, 1.82) is 5.26 Å². The minimum atomic E-state index is -3.41. The maximum Gasteiger partial charge on any atom is 0.178 e. The number of para-hydroxylation sites is 1. The zero-order chi connectivity index (χ0) is 24.3. The summed E-state index contributed by atoms with van der Waals surface area (Å²) in [5.74, 6) is 0.205. The number of nitrogens with zero attached hydrogens (tertiary/aromatic N) is 2. The summed E-state index contributed by atoms with van der Waals surface area (Å²) in [5.41, 5.74) is 3.43. The first-order valence-electron chi connectivity index (χ1n) is 11.6. The summed E-state index contributed by atoms with van der Waals surface area (Å²) in [4.78, 5) is 13.2. The number of hydrogen-bond acceptors (Lipinski definition) is 4. The highest BCUT2D eigenvalue weighted by Crippen LogP contribution is 2.30. The van der Waals surface area contributed by atoms with Crippen LogP contribution in [0.4, 0.5) is 0 Å². The first-order chi connectivity index (χ1) is 16.3. The first kappa shape index (κ1) is 23.7. The predicted molar refractivity (Wildman–Crippen MR) is 136 cm³/mol. The fourth-order valence-corrected chi connectivity index (χ4v) is 5.94. The number of ketones is 1. The number of nitriles is 1. The van der Waals surface area contributed by atoms with Crippen LogP contribution in [0.3, 0.4) is 0 Å². The van der Waals surface area contributed by atoms with E-state index in [1.165, 1.54) is 29.8 Å². The van der Waals surface area contributed by atoms with Crippen LogP contribution >= 0.6 is 0 Å². The molecule has 0 saturated carbocycles. The van der Waals surface area contributed by atoms with Gasteiger partial charge in [0.1, 0.15) is 0 Å². The molecule has 1 aromatic heterocycles. The van der Waals surface area contributed by atoms with Gasteiger partial charge in [-0.05, 0) is 74.2 Å². The minimum absolute atomic E-state index is 0.0245. The van der Waals surface area contributed by atoms with Gasteiger partial charge in [0.2, 0.25) is 0 Å². The van der Waals surface area contributed by atoms with Crippen molar-refractivity contribution in [3.05, 3.63) is 77.9 Å². The Kier molecular flexibility index (Phi) is 6.85. The van der Waals surface area contributed by atoms with Gasteiger partial charge in [-0.1, -0.05) is 25.1 Å². The maximum atomic E-state index is 12.9. The smallest absolute Gasteiger partial charge is 0.178 e. The van der Waals surface area contributed by atoms with Crippen molar-refractivity contribution in [1.82, 2.24) is 4.57 Å². The van der Waals surface area contributed by atoms with E-state index in [1.54, 1.807) is 0 Å². The molecular formula is C28H28N2O3S. The predicted octanol–water partition coefficient (Wildman–Crippen LogP) is 6.15. The molecule has 0 aliphatic rings. The quantitative estimate of drug-likeness (QED) is 0.274. The Bertz CT molecular complexity index is 1490. The van der Waals surface area contributed by atoms with Gasteiger partial charge in [-0.25, -0.2) is 8.42 Å². The average Bonchev–Trinajstić information content (AvgIpc) is 3.19. The highest BCUT2D eigenvalue weighted by Gasteiger charge is 2.18. The van der Waals surface area contributed by atoms with Crippen LogP contribution in [0.1, 0.15) is 49.0 Å². The standard InChI is InChI=1S/C28H28N2O3S/c1-3-30-26-7-5-4-6-24(26)25-18-22(11-14-27(25)30)28(31)15-8-20(2)16-17-34(32,33)23-12-9-21(19-29)10-13-23/h4-7,9-14,18,20H,3,8,15-17H2,1-2H3. The molecule has 1 heterocycles. The zero-order valence-corrected chi connectivity index (χ0v) is 20.3. The topological polar surface area (TPSA) is 79.9 Å². The molecule has 0 bridgehead atoms. The molecule has 0 radical (unpaired) electrons. The number of Topliss-reactive ketones (excluding diaryl/α,β-unsaturated/α-hetero) is 1. The van der Waals surface area contributed by atoms with Crippen LogP contribution in [0, 0.1) is 17.2 Å². The monoisotopic (exact) mass is 472 g/mol. The molecule has 34 heavy (non-hydrogen) atoms. The van der Waals surface area contributed by atoms with Gasteiger partial charge < -0.3 is 4.57 Å². The van der Waals surface area contributed by atoms with E-state index in [4.69, 9.17) is 5.26 Å². The number of fused-ring (bicyclic) bond motifs is 3. The highest BCUT2D eigenvalue weighted by molar-refractivity contribution is 7.91. The summed E-state index contributed by atoms with van der Waals surface area (Å²) in [6.07, 6.45) is 1.51. The van der Waals surface area contributed by atoms with E-state index in [1.807, 2.05) is 43.3 Å². The molecule has 0 aliphatic carbocycles. The third-order valence-corrected chi connectivity index (χ3v) is 8.26. The summed E-state index contributed by atoms with van der Waals surface area (Å²) < 4.78 is 27.5. The lowest BCUT2D eigenvalue weighted by Gasteiger charge is -2.12. The Hall–Kier alpha value is -3.43. The molecule has 0 N–H and O–H groups in total. The van der Waals surface area contributed by atoms with Gasteiger partial charge >= 0.3 is 0 Å². The van der Waals surface area contributed by atoms with Crippen molar-refractivity contribution in [3.63, 3.8) is 0 Å². The molecule has 4 rings (SSSR count). The number of rotatable bonds is 9. The van der Waals surface area contributed by atoms with Crippen molar-refractivity contribution >= 4 is 37.4 Å². The molecule has 0 fully saturated rings. The Morgan fingerprint density at radius 1 is 0.971 bits per heavy atom. The number of carbonyl (C=O) groups excluding carboxylic acids is 1. The number of carbonyl (C=O) groups is 1. The lowest BCUT2D eigenvalue weighted by Crippen LogP contribution is -2.11. The minimum Gasteiger partial charge on any atom is -0.341 e. The third-order valence-electron chi connectivity index (χ3n) is 6.50. The lowest BCUT2D eigenvalue weighted by atomic mass is 9.97. The molecule has 5 nitrogen and oxygen atoms in total. The highest BCUT2D eigenvalue weighted by atomic mass is 32.2. The zero-order valence-electron chi connectivity index (χ0n) is 19.5. The second-order valence-electron chi connectivity index (χ2n) is 8.80. The van der Waals surface area contributed by atoms with Crippen molar-refractivity contribution in [2.75, 3.05) is 5.75 Å². The largest absolute Gasteiger partial charge is 0.341 e. The van der Waals surface area contributed by atoms with E-state index in [0.29, 0.717) is 30.4 Å². The van der Waals surface area contributed by atoms with Crippen molar-refractivity contribution < 1.29 is 13.2 Å². The first-order valence-corrected chi connectivity index (χ1v) is 13.3. The Labute approximate surface area is 200 Å². The third kappa shape index (κ3) is 4.76. The summed E-state index contributed by atoms with van der Waals surface area (Å²) in [6.45, 7) is 4.97. The van der Waals surface area contributed by atoms with E-state index in [0.717, 1.165) is 22.8 Å². The van der Waals surface area contributed by atoms with Crippen LogP contribution in [0.5, 0.6) is 0 Å². The molecular weight excluding hydrogens is 444 g/mol. The fraction of sp³-hybridized carbons (Fsp3) is 0.286. The molecule has 3 aromatic carbocycles. The molecule has 0 aliphatic heterocycles. The number of aryl methyl sites for hydroxylation is 1. The molecule has 1 unspecified atom stereocenters. The SMILES string of the molecule is CCn1c2ccccc2c2cc(C(=O)CCC(C)CCS(=O)(=O)c3ccc(C#N)cc3)ccc21. The molecule has 174 valence electrons. The Morgan fingerprint density at radius 2 is 1.68 bits per heavy atom. The number of hydrogen-bond donors (Lipinski definition) is 0. The second kappa shape index (κ2) is 9.82. The van der Waals surface area contributed by atoms with Crippen molar-refractivity contribution in [2.24, 2.45) is 5.92 Å². The van der Waals surface area contributed by atoms with Crippen LogP contribution in [0.15, 0.2) is 71.6 Å². The van der Waals surface area contributed by atoms with Gasteiger partial charge in [-0.15, -0.1) is 0 Å². The average molecular weight is 473 g/mol. The molecule has 0 saturated heterocycles. The van der Waals surface area contributed by atoms with Gasteiger partial charge in [0.25, 0.3) is 0 Å². The summed E-state index contributed by atoms with van der Waals surface area (Å²) in [6, 6.07) is 22.1. The van der Waals surface area contributed by atoms with E-state index in [2.05, 4.69) is 23.6 Å². The van der Waals surface area contributed by atoms with E-state index in [-0.39, 0.29) is 22.3 Å². The lowest BCUT2D eigenvalue weighted by molar-refractivity contribution is 0.0974. The van der Waals surface area contributed by atoms with Crippen molar-refractivity contribution in [2.45, 2.75) is 44.6 Å². The second-order valence-corrected chi connectivity index (χ2v) is 10.9. The van der Waals surface area contributed by atoms with Gasteiger partial charge in [0.15, 0.2) is 15.6 Å². The molecule has 6 heteroatoms. The van der Waals surface area contributed by atoms with Crippen LogP contribution in [0.2, 0.25) is 0 Å². The number of sulfone groups is 1. The molecule has 0 amide bonds. The van der Waals surface area contributed by atoms with E-state index >= 15 is 0 Å². The van der Waals surface area contributed by atoms with Crippen LogP contribution in [0.25, 0.3) is 21.8 Å². The molecule has 4 aromatic rings. The maximum absolute atomic E-state index is 12.9. The van der Waals surface area contributed by atoms with E-state index < -0.39 is 9.84 Å². The molecule has 0 spiro atoms. The van der Waals surface area contributed by atoms with E-state index in [9.17, 15) is 13.2 Å². The summed E-state index contributed by atoms with van der Waals surface area (Å²) in [7, 11) is -3.41. The normalized spacial score (nSPS) is 12.6.